The van der Waals surface area contributed by atoms with Gasteiger partial charge in [-0.05, 0) is 42.3 Å². The van der Waals surface area contributed by atoms with Crippen LogP contribution < -0.4 is 5.32 Å². The molecule has 0 bridgehead atoms. The lowest BCUT2D eigenvalue weighted by molar-refractivity contribution is 0.391. The monoisotopic (exact) mass is 285 g/mol. The number of fused-ring (bicyclic) bond motifs is 1. The molecule has 3 rings (SSSR count). The molecule has 1 saturated carbocycles. The van der Waals surface area contributed by atoms with Crippen LogP contribution in [0, 0.1) is 0 Å². The van der Waals surface area contributed by atoms with Crippen molar-refractivity contribution in [3.05, 3.63) is 42.5 Å². The first kappa shape index (κ1) is 14.0. The molecule has 2 heteroatoms. The molecule has 0 spiro atoms. The Morgan fingerprint density at radius 1 is 1.05 bits per heavy atom. The molecule has 0 aromatic heterocycles. The zero-order chi connectivity index (χ0) is 13.8. The first-order valence-electron chi connectivity index (χ1n) is 7.75. The summed E-state index contributed by atoms with van der Waals surface area (Å²) >= 11 is 2.06. The summed E-state index contributed by atoms with van der Waals surface area (Å²) in [6.45, 7) is 3.30. The van der Waals surface area contributed by atoms with E-state index < -0.39 is 0 Å². The summed E-state index contributed by atoms with van der Waals surface area (Å²) in [6.07, 6.45) is 5.44. The van der Waals surface area contributed by atoms with E-state index in [4.69, 9.17) is 0 Å². The predicted molar refractivity (Wildman–Crippen MR) is 89.5 cm³/mol. The maximum Gasteiger partial charge on any atom is 0.0248 e. The second kappa shape index (κ2) is 6.64. The van der Waals surface area contributed by atoms with Gasteiger partial charge in [0, 0.05) is 16.2 Å². The van der Waals surface area contributed by atoms with Crippen molar-refractivity contribution < 1.29 is 0 Å². The maximum absolute atomic E-state index is 3.67. The molecule has 2 aromatic rings. The van der Waals surface area contributed by atoms with Gasteiger partial charge in [0.2, 0.25) is 0 Å². The molecule has 0 saturated heterocycles. The van der Waals surface area contributed by atoms with Crippen LogP contribution in [0.4, 0.5) is 0 Å². The minimum absolute atomic E-state index is 0.685. The Kier molecular flexibility index (Phi) is 4.64. The minimum atomic E-state index is 0.685. The summed E-state index contributed by atoms with van der Waals surface area (Å²) in [5.41, 5.74) is 0. The Morgan fingerprint density at radius 2 is 1.85 bits per heavy atom. The van der Waals surface area contributed by atoms with Gasteiger partial charge in [-0.1, -0.05) is 50.1 Å². The molecule has 1 N–H and O–H groups in total. The van der Waals surface area contributed by atoms with Gasteiger partial charge in [0.25, 0.3) is 0 Å². The summed E-state index contributed by atoms with van der Waals surface area (Å²) in [5, 5.41) is 7.09. The average Bonchev–Trinajstić information content (AvgIpc) is 2.49. The molecule has 1 aliphatic rings. The largest absolute Gasteiger partial charge is 0.313 e. The van der Waals surface area contributed by atoms with Crippen LogP contribution in [0.15, 0.2) is 47.4 Å². The van der Waals surface area contributed by atoms with Crippen molar-refractivity contribution >= 4 is 22.5 Å². The molecule has 0 amide bonds. The first-order chi connectivity index (χ1) is 9.86. The van der Waals surface area contributed by atoms with Crippen LogP contribution >= 0.6 is 11.8 Å². The second-order valence-electron chi connectivity index (χ2n) is 5.61. The Balaban J connectivity index is 1.77. The third-order valence-electron chi connectivity index (χ3n) is 4.18. The van der Waals surface area contributed by atoms with Gasteiger partial charge in [-0.25, -0.2) is 0 Å². The van der Waals surface area contributed by atoms with E-state index in [9.17, 15) is 0 Å². The molecule has 2 aromatic carbocycles. The van der Waals surface area contributed by atoms with Crippen LogP contribution in [-0.4, -0.2) is 17.8 Å². The van der Waals surface area contributed by atoms with E-state index in [0.29, 0.717) is 6.04 Å². The lowest BCUT2D eigenvalue weighted by Gasteiger charge is -2.31. The summed E-state index contributed by atoms with van der Waals surface area (Å²) in [7, 11) is 0. The zero-order valence-corrected chi connectivity index (χ0v) is 13.0. The van der Waals surface area contributed by atoms with Crippen LogP contribution in [0.25, 0.3) is 10.8 Å². The van der Waals surface area contributed by atoms with Crippen molar-refractivity contribution in [2.45, 2.75) is 48.8 Å². The molecule has 106 valence electrons. The Labute approximate surface area is 126 Å². The van der Waals surface area contributed by atoms with Gasteiger partial charge in [0.05, 0.1) is 0 Å². The Bertz CT molecular complexity index is 564. The molecule has 0 radical (unpaired) electrons. The quantitative estimate of drug-likeness (QED) is 0.861. The predicted octanol–water partition coefficient (Wildman–Crippen LogP) is 4.85. The maximum atomic E-state index is 3.67. The second-order valence-corrected chi connectivity index (χ2v) is 6.93. The number of hydrogen-bond donors (Lipinski definition) is 1. The summed E-state index contributed by atoms with van der Waals surface area (Å²) in [6, 6.07) is 16.2. The number of rotatable bonds is 4. The van der Waals surface area contributed by atoms with Crippen LogP contribution in [0.1, 0.15) is 32.6 Å². The summed E-state index contributed by atoms with van der Waals surface area (Å²) in [5.74, 6) is 0. The number of hydrogen-bond acceptors (Lipinski definition) is 2. The van der Waals surface area contributed by atoms with E-state index in [1.165, 1.54) is 41.4 Å². The normalized spacial score (nSPS) is 23.1. The standard InChI is InChI=1S/C18H23NS/c1-2-19-17-9-5-6-10-18(17)20-16-12-11-14-7-3-4-8-15(14)13-16/h3-4,7-8,11-13,17-19H,2,5-6,9-10H2,1H3. The number of nitrogens with one attached hydrogen (secondary N) is 1. The molecule has 20 heavy (non-hydrogen) atoms. The lowest BCUT2D eigenvalue weighted by atomic mass is 9.95. The molecule has 1 aliphatic carbocycles. The van der Waals surface area contributed by atoms with Gasteiger partial charge in [-0.2, -0.15) is 0 Å². The van der Waals surface area contributed by atoms with Crippen LogP contribution in [-0.2, 0) is 0 Å². The van der Waals surface area contributed by atoms with Crippen molar-refractivity contribution in [2.24, 2.45) is 0 Å². The lowest BCUT2D eigenvalue weighted by Crippen LogP contribution is -2.40. The van der Waals surface area contributed by atoms with Crippen molar-refractivity contribution in [3.63, 3.8) is 0 Å². The summed E-state index contributed by atoms with van der Waals surface area (Å²) in [4.78, 5) is 1.42. The Hall–Kier alpha value is -0.990. The van der Waals surface area contributed by atoms with E-state index >= 15 is 0 Å². The third kappa shape index (κ3) is 3.18. The van der Waals surface area contributed by atoms with Crippen LogP contribution in [0.3, 0.4) is 0 Å². The third-order valence-corrected chi connectivity index (χ3v) is 5.57. The van der Waals surface area contributed by atoms with E-state index in [0.717, 1.165) is 11.8 Å². The molecule has 1 fully saturated rings. The van der Waals surface area contributed by atoms with E-state index in [1.54, 1.807) is 0 Å². The average molecular weight is 285 g/mol. The van der Waals surface area contributed by atoms with Crippen molar-refractivity contribution in [3.8, 4) is 0 Å². The SMILES string of the molecule is CCNC1CCCCC1Sc1ccc2ccccc2c1. The molecular weight excluding hydrogens is 262 g/mol. The van der Waals surface area contributed by atoms with Crippen LogP contribution in [0.5, 0.6) is 0 Å². The minimum Gasteiger partial charge on any atom is -0.313 e. The highest BCUT2D eigenvalue weighted by Gasteiger charge is 2.25. The highest BCUT2D eigenvalue weighted by molar-refractivity contribution is 8.00. The molecule has 0 aliphatic heterocycles. The van der Waals surface area contributed by atoms with E-state index in [-0.39, 0.29) is 0 Å². The van der Waals surface area contributed by atoms with Gasteiger partial charge in [0.15, 0.2) is 0 Å². The molecule has 2 atom stereocenters. The first-order valence-corrected chi connectivity index (χ1v) is 8.63. The Morgan fingerprint density at radius 3 is 2.70 bits per heavy atom. The fourth-order valence-corrected chi connectivity index (χ4v) is 4.52. The van der Waals surface area contributed by atoms with Gasteiger partial charge in [0.1, 0.15) is 0 Å². The molecule has 2 unspecified atom stereocenters. The highest BCUT2D eigenvalue weighted by atomic mass is 32.2. The number of thioether (sulfide) groups is 1. The molecular formula is C18H23NS. The smallest absolute Gasteiger partial charge is 0.0248 e. The zero-order valence-electron chi connectivity index (χ0n) is 12.1. The number of benzene rings is 2. The van der Waals surface area contributed by atoms with E-state index in [1.807, 2.05) is 0 Å². The van der Waals surface area contributed by atoms with Crippen molar-refractivity contribution in [1.82, 2.24) is 5.32 Å². The van der Waals surface area contributed by atoms with Crippen molar-refractivity contribution in [1.29, 1.82) is 0 Å². The van der Waals surface area contributed by atoms with Crippen molar-refractivity contribution in [2.75, 3.05) is 6.54 Å². The van der Waals surface area contributed by atoms with Gasteiger partial charge in [-0.15, -0.1) is 11.8 Å². The molecule has 1 nitrogen and oxygen atoms in total. The fraction of sp³-hybridized carbons (Fsp3) is 0.444. The molecule has 0 heterocycles. The van der Waals surface area contributed by atoms with Gasteiger partial charge in [-0.3, -0.25) is 0 Å². The topological polar surface area (TPSA) is 12.0 Å². The summed E-state index contributed by atoms with van der Waals surface area (Å²) < 4.78 is 0. The highest BCUT2D eigenvalue weighted by Crippen LogP contribution is 2.35. The van der Waals surface area contributed by atoms with Crippen LogP contribution in [0.2, 0.25) is 0 Å². The van der Waals surface area contributed by atoms with E-state index in [2.05, 4.69) is 66.5 Å². The van der Waals surface area contributed by atoms with Gasteiger partial charge >= 0.3 is 0 Å². The van der Waals surface area contributed by atoms with Gasteiger partial charge < -0.3 is 5.32 Å². The fourth-order valence-electron chi connectivity index (χ4n) is 3.15.